The Labute approximate surface area is 137 Å². The van der Waals surface area contributed by atoms with E-state index in [2.05, 4.69) is 0 Å². The second-order valence-electron chi connectivity index (χ2n) is 4.70. The number of hydrogen-bond acceptors (Lipinski definition) is 5. The van der Waals surface area contributed by atoms with Gasteiger partial charge in [-0.2, -0.15) is 0 Å². The molecular formula is C16H16N2O6. The van der Waals surface area contributed by atoms with E-state index in [0.29, 0.717) is 6.42 Å². The zero-order valence-electron chi connectivity index (χ0n) is 12.9. The van der Waals surface area contributed by atoms with E-state index in [0.717, 1.165) is 5.56 Å². The quantitative estimate of drug-likeness (QED) is 0.661. The predicted molar refractivity (Wildman–Crippen MR) is 86.9 cm³/mol. The molecule has 8 heteroatoms. The van der Waals surface area contributed by atoms with Gasteiger partial charge in [0.25, 0.3) is 11.4 Å². The average Bonchev–Trinajstić information content (AvgIpc) is 2.55. The van der Waals surface area contributed by atoms with Crippen molar-refractivity contribution in [2.45, 2.75) is 19.8 Å². The second kappa shape index (κ2) is 8.99. The molecule has 2 aromatic rings. The van der Waals surface area contributed by atoms with Crippen molar-refractivity contribution in [1.82, 2.24) is 0 Å². The van der Waals surface area contributed by atoms with Crippen LogP contribution in [0.2, 0.25) is 0 Å². The minimum atomic E-state index is -1.07. The molecule has 0 saturated heterocycles. The first-order chi connectivity index (χ1) is 11.4. The van der Waals surface area contributed by atoms with Crippen LogP contribution in [-0.2, 0) is 17.6 Å². The van der Waals surface area contributed by atoms with Crippen LogP contribution in [0.1, 0.15) is 18.1 Å². The SMILES string of the molecule is CCc1ccccc1[N+](=O)[O-].O=C(O)Cc1ccccc1[N+](=O)[O-]. The number of rotatable bonds is 5. The third kappa shape index (κ3) is 5.48. The van der Waals surface area contributed by atoms with Crippen LogP contribution in [0.25, 0.3) is 0 Å². The maximum Gasteiger partial charge on any atom is 0.308 e. The molecule has 0 bridgehead atoms. The Morgan fingerprint density at radius 2 is 1.33 bits per heavy atom. The summed E-state index contributed by atoms with van der Waals surface area (Å²) in [6.45, 7) is 1.91. The van der Waals surface area contributed by atoms with Gasteiger partial charge in [-0.3, -0.25) is 25.0 Å². The Morgan fingerprint density at radius 3 is 1.71 bits per heavy atom. The van der Waals surface area contributed by atoms with Crippen LogP contribution in [0.4, 0.5) is 11.4 Å². The predicted octanol–water partition coefficient (Wildman–Crippen LogP) is 3.38. The summed E-state index contributed by atoms with van der Waals surface area (Å²) in [5.74, 6) is -1.07. The van der Waals surface area contributed by atoms with E-state index >= 15 is 0 Å². The fourth-order valence-electron chi connectivity index (χ4n) is 1.99. The average molecular weight is 332 g/mol. The highest BCUT2D eigenvalue weighted by molar-refractivity contribution is 5.71. The smallest absolute Gasteiger partial charge is 0.308 e. The van der Waals surface area contributed by atoms with Crippen molar-refractivity contribution in [2.75, 3.05) is 0 Å². The third-order valence-electron chi connectivity index (χ3n) is 3.10. The number of benzene rings is 2. The summed E-state index contributed by atoms with van der Waals surface area (Å²) in [7, 11) is 0. The lowest BCUT2D eigenvalue weighted by molar-refractivity contribution is -0.385. The molecule has 2 aromatic carbocycles. The summed E-state index contributed by atoms with van der Waals surface area (Å²) in [6, 6.07) is 12.6. The molecule has 126 valence electrons. The van der Waals surface area contributed by atoms with E-state index in [-0.39, 0.29) is 28.3 Å². The van der Waals surface area contributed by atoms with Gasteiger partial charge in [0.2, 0.25) is 0 Å². The van der Waals surface area contributed by atoms with E-state index in [1.807, 2.05) is 13.0 Å². The largest absolute Gasteiger partial charge is 0.481 e. The number of hydrogen-bond donors (Lipinski definition) is 1. The summed E-state index contributed by atoms with van der Waals surface area (Å²) in [4.78, 5) is 30.2. The van der Waals surface area contributed by atoms with Crippen molar-refractivity contribution in [2.24, 2.45) is 0 Å². The zero-order chi connectivity index (χ0) is 18.1. The molecule has 0 saturated carbocycles. The molecule has 0 aliphatic heterocycles. The van der Waals surface area contributed by atoms with Gasteiger partial charge >= 0.3 is 5.97 Å². The molecule has 0 spiro atoms. The number of para-hydroxylation sites is 2. The fraction of sp³-hybridized carbons (Fsp3) is 0.188. The minimum absolute atomic E-state index is 0.148. The molecule has 2 rings (SSSR count). The number of aliphatic carboxylic acids is 1. The second-order valence-corrected chi connectivity index (χ2v) is 4.70. The highest BCUT2D eigenvalue weighted by atomic mass is 16.6. The molecule has 0 atom stereocenters. The van der Waals surface area contributed by atoms with Crippen molar-refractivity contribution < 1.29 is 19.7 Å². The van der Waals surface area contributed by atoms with E-state index in [9.17, 15) is 25.0 Å². The highest BCUT2D eigenvalue weighted by Gasteiger charge is 2.14. The Kier molecular flexibility index (Phi) is 7.02. The van der Waals surface area contributed by atoms with E-state index in [4.69, 9.17) is 5.11 Å². The molecule has 24 heavy (non-hydrogen) atoms. The summed E-state index contributed by atoms with van der Waals surface area (Å²) in [5, 5.41) is 29.3. The van der Waals surface area contributed by atoms with Crippen molar-refractivity contribution in [3.63, 3.8) is 0 Å². The van der Waals surface area contributed by atoms with Gasteiger partial charge in [0.1, 0.15) is 0 Å². The molecular weight excluding hydrogens is 316 g/mol. The Hall–Kier alpha value is -3.29. The highest BCUT2D eigenvalue weighted by Crippen LogP contribution is 2.18. The fourth-order valence-corrected chi connectivity index (χ4v) is 1.99. The lowest BCUT2D eigenvalue weighted by Crippen LogP contribution is -2.03. The number of aryl methyl sites for hydroxylation is 1. The standard InChI is InChI=1S/C8H7NO4.C8H9NO2/c10-8(11)5-6-3-1-2-4-7(6)9(12)13;1-2-7-5-3-4-6-8(7)9(10)11/h1-4H,5H2,(H,10,11);3-6H,2H2,1H3. The summed E-state index contributed by atoms with van der Waals surface area (Å²) in [5.41, 5.74) is 1.08. The minimum Gasteiger partial charge on any atom is -0.481 e. The molecule has 1 N–H and O–H groups in total. The topological polar surface area (TPSA) is 124 Å². The van der Waals surface area contributed by atoms with Crippen LogP contribution in [0.15, 0.2) is 48.5 Å². The number of nitro groups is 2. The molecule has 8 nitrogen and oxygen atoms in total. The van der Waals surface area contributed by atoms with Gasteiger partial charge in [0.05, 0.1) is 16.3 Å². The van der Waals surface area contributed by atoms with Crippen LogP contribution in [0.3, 0.4) is 0 Å². The van der Waals surface area contributed by atoms with Crippen LogP contribution in [-0.4, -0.2) is 20.9 Å². The van der Waals surface area contributed by atoms with Crippen molar-refractivity contribution in [1.29, 1.82) is 0 Å². The molecule has 0 aliphatic rings. The zero-order valence-corrected chi connectivity index (χ0v) is 12.9. The molecule has 0 aromatic heterocycles. The third-order valence-corrected chi connectivity index (χ3v) is 3.10. The summed E-state index contributed by atoms with van der Waals surface area (Å²) >= 11 is 0. The van der Waals surface area contributed by atoms with Crippen LogP contribution < -0.4 is 0 Å². The summed E-state index contributed by atoms with van der Waals surface area (Å²) in [6.07, 6.45) is 0.383. The van der Waals surface area contributed by atoms with Crippen molar-refractivity contribution in [3.05, 3.63) is 79.9 Å². The first-order valence-electron chi connectivity index (χ1n) is 7.03. The Bertz CT molecular complexity index is 745. The molecule has 0 radical (unpaired) electrons. The van der Waals surface area contributed by atoms with Gasteiger partial charge in [0, 0.05) is 23.3 Å². The molecule has 0 heterocycles. The first-order valence-corrected chi connectivity index (χ1v) is 7.03. The molecule has 0 unspecified atom stereocenters. The Morgan fingerprint density at radius 1 is 0.917 bits per heavy atom. The van der Waals surface area contributed by atoms with Gasteiger partial charge in [-0.15, -0.1) is 0 Å². The van der Waals surface area contributed by atoms with Crippen molar-refractivity contribution in [3.8, 4) is 0 Å². The lowest BCUT2D eigenvalue weighted by Gasteiger charge is -1.97. The number of carboxylic acids is 1. The Balaban J connectivity index is 0.000000243. The van der Waals surface area contributed by atoms with Crippen LogP contribution in [0, 0.1) is 20.2 Å². The monoisotopic (exact) mass is 332 g/mol. The molecule has 0 aliphatic carbocycles. The maximum atomic E-state index is 10.4. The lowest BCUT2D eigenvalue weighted by atomic mass is 10.1. The van der Waals surface area contributed by atoms with Crippen molar-refractivity contribution >= 4 is 17.3 Å². The van der Waals surface area contributed by atoms with Gasteiger partial charge < -0.3 is 5.11 Å². The van der Waals surface area contributed by atoms with Crippen LogP contribution in [0.5, 0.6) is 0 Å². The first kappa shape index (κ1) is 18.8. The van der Waals surface area contributed by atoms with Gasteiger partial charge in [0.15, 0.2) is 0 Å². The van der Waals surface area contributed by atoms with Gasteiger partial charge in [-0.05, 0) is 6.42 Å². The van der Waals surface area contributed by atoms with E-state index in [1.165, 1.54) is 24.3 Å². The van der Waals surface area contributed by atoms with E-state index < -0.39 is 10.9 Å². The van der Waals surface area contributed by atoms with Gasteiger partial charge in [-0.1, -0.05) is 43.3 Å². The molecule has 0 amide bonds. The van der Waals surface area contributed by atoms with E-state index in [1.54, 1.807) is 18.2 Å². The maximum absolute atomic E-state index is 10.4. The molecule has 0 fully saturated rings. The summed E-state index contributed by atoms with van der Waals surface area (Å²) < 4.78 is 0. The number of carbonyl (C=O) groups is 1. The van der Waals surface area contributed by atoms with Crippen LogP contribution >= 0.6 is 0 Å². The normalized spacial score (nSPS) is 9.54. The number of nitrogens with zero attached hydrogens (tertiary/aromatic N) is 2. The van der Waals surface area contributed by atoms with Gasteiger partial charge in [-0.25, -0.2) is 0 Å². The number of nitro benzene ring substituents is 2. The number of carboxylic acid groups (broad SMARTS) is 1.